The Morgan fingerprint density at radius 3 is 2.64 bits per heavy atom. The number of carbonyl (C=O) groups excluding carboxylic acids is 2. The molecular formula is C22H18ClN3O2. The molecule has 5 rings (SSSR count). The first-order chi connectivity index (χ1) is 13.5. The number of amides is 2. The highest BCUT2D eigenvalue weighted by atomic mass is 35.5. The molecule has 0 radical (unpaired) electrons. The SMILES string of the molecule is CC(=O)N1CC2=C(C1=O)[C@@H](c1ccc(Cl)cc1)c1cn(C)c3cccc(c13)N2. The van der Waals surface area contributed by atoms with Crippen molar-refractivity contribution in [2.24, 2.45) is 7.05 Å². The first-order valence-corrected chi connectivity index (χ1v) is 9.49. The average Bonchev–Trinajstić information content (AvgIpc) is 3.12. The highest BCUT2D eigenvalue weighted by Crippen LogP contribution is 2.46. The molecule has 0 aliphatic carbocycles. The van der Waals surface area contributed by atoms with Crippen molar-refractivity contribution in [2.75, 3.05) is 11.9 Å². The lowest BCUT2D eigenvalue weighted by Gasteiger charge is -2.19. The van der Waals surface area contributed by atoms with Crippen molar-refractivity contribution in [1.29, 1.82) is 0 Å². The molecule has 0 fully saturated rings. The minimum absolute atomic E-state index is 0.236. The topological polar surface area (TPSA) is 54.3 Å². The van der Waals surface area contributed by atoms with Crippen LogP contribution in [0.4, 0.5) is 5.69 Å². The number of nitrogens with one attached hydrogen (secondary N) is 1. The van der Waals surface area contributed by atoms with Gasteiger partial charge >= 0.3 is 0 Å². The van der Waals surface area contributed by atoms with Crippen molar-refractivity contribution in [3.05, 3.63) is 76.1 Å². The summed E-state index contributed by atoms with van der Waals surface area (Å²) in [5.41, 5.74) is 5.48. The summed E-state index contributed by atoms with van der Waals surface area (Å²) >= 11 is 6.11. The van der Waals surface area contributed by atoms with Crippen LogP contribution in [0.15, 0.2) is 59.9 Å². The monoisotopic (exact) mass is 391 g/mol. The van der Waals surface area contributed by atoms with E-state index in [1.54, 1.807) is 0 Å². The number of carbonyl (C=O) groups is 2. The standard InChI is InChI=1S/C22H18ClN3O2/c1-12(27)26-11-17-21(22(26)28)19(13-6-8-14(23)9-7-13)15-10-25(2)18-5-3-4-16(24-17)20(15)18/h3-10,19,24H,11H2,1-2H3/t19-/m0/s1. The van der Waals surface area contributed by atoms with Crippen LogP contribution in [0.3, 0.4) is 0 Å². The molecule has 0 unspecified atom stereocenters. The molecule has 2 aliphatic heterocycles. The molecule has 1 atom stereocenters. The molecule has 2 aromatic carbocycles. The molecule has 0 spiro atoms. The van der Waals surface area contributed by atoms with Crippen molar-refractivity contribution >= 4 is 40.0 Å². The maximum absolute atomic E-state index is 13.2. The molecule has 1 aromatic heterocycles. The zero-order valence-electron chi connectivity index (χ0n) is 15.5. The van der Waals surface area contributed by atoms with Crippen molar-refractivity contribution < 1.29 is 9.59 Å². The highest BCUT2D eigenvalue weighted by molar-refractivity contribution is 6.30. The number of benzene rings is 2. The van der Waals surface area contributed by atoms with E-state index in [-0.39, 0.29) is 24.3 Å². The number of anilines is 1. The maximum Gasteiger partial charge on any atom is 0.259 e. The molecule has 5 nitrogen and oxygen atoms in total. The summed E-state index contributed by atoms with van der Waals surface area (Å²) in [5, 5.41) is 5.19. The van der Waals surface area contributed by atoms with E-state index in [0.717, 1.165) is 33.4 Å². The van der Waals surface area contributed by atoms with Gasteiger partial charge < -0.3 is 9.88 Å². The van der Waals surface area contributed by atoms with Gasteiger partial charge in [0.2, 0.25) is 5.91 Å². The van der Waals surface area contributed by atoms with E-state index in [4.69, 9.17) is 11.6 Å². The lowest BCUT2D eigenvalue weighted by molar-refractivity contribution is -0.139. The third-order valence-electron chi connectivity index (χ3n) is 5.63. The predicted octanol–water partition coefficient (Wildman–Crippen LogP) is 4.03. The Balaban J connectivity index is 1.81. The molecule has 2 amide bonds. The number of halogens is 1. The van der Waals surface area contributed by atoms with Crippen LogP contribution >= 0.6 is 11.6 Å². The number of hydrogen-bond donors (Lipinski definition) is 1. The number of rotatable bonds is 1. The Hall–Kier alpha value is -3.05. The number of imide groups is 1. The number of nitrogens with zero attached hydrogens (tertiary/aromatic N) is 2. The molecule has 3 heterocycles. The first kappa shape index (κ1) is 17.1. The average molecular weight is 392 g/mol. The van der Waals surface area contributed by atoms with E-state index >= 15 is 0 Å². The van der Waals surface area contributed by atoms with Gasteiger partial charge in [0, 0.05) is 47.9 Å². The maximum atomic E-state index is 13.2. The fraction of sp³-hybridized carbons (Fsp3) is 0.182. The van der Waals surface area contributed by atoms with Crippen LogP contribution in [-0.2, 0) is 16.6 Å². The summed E-state index contributed by atoms with van der Waals surface area (Å²) in [6.45, 7) is 1.69. The predicted molar refractivity (Wildman–Crippen MR) is 109 cm³/mol. The molecule has 3 aromatic rings. The van der Waals surface area contributed by atoms with E-state index in [9.17, 15) is 9.59 Å². The second-order valence-corrected chi connectivity index (χ2v) is 7.74. The lowest BCUT2D eigenvalue weighted by atomic mass is 9.84. The Bertz CT molecular complexity index is 1190. The second kappa shape index (κ2) is 5.97. The van der Waals surface area contributed by atoms with Gasteiger partial charge in [0.25, 0.3) is 5.91 Å². The van der Waals surface area contributed by atoms with Gasteiger partial charge in [-0.1, -0.05) is 29.8 Å². The second-order valence-electron chi connectivity index (χ2n) is 7.31. The number of aryl methyl sites for hydroxylation is 1. The fourth-order valence-corrected chi connectivity index (χ4v) is 4.50. The zero-order valence-corrected chi connectivity index (χ0v) is 16.2. The lowest BCUT2D eigenvalue weighted by Crippen LogP contribution is -2.33. The number of hydrogen-bond acceptors (Lipinski definition) is 3. The fourth-order valence-electron chi connectivity index (χ4n) is 4.37. The van der Waals surface area contributed by atoms with Crippen molar-refractivity contribution in [3.8, 4) is 0 Å². The number of aromatic nitrogens is 1. The van der Waals surface area contributed by atoms with Crippen molar-refractivity contribution in [2.45, 2.75) is 12.8 Å². The molecular weight excluding hydrogens is 374 g/mol. The van der Waals surface area contributed by atoms with Crippen LogP contribution < -0.4 is 5.32 Å². The minimum Gasteiger partial charge on any atom is -0.356 e. The molecule has 28 heavy (non-hydrogen) atoms. The zero-order chi connectivity index (χ0) is 19.6. The van der Waals surface area contributed by atoms with Crippen LogP contribution in [0.2, 0.25) is 5.02 Å². The van der Waals surface area contributed by atoms with Crippen LogP contribution in [0, 0.1) is 0 Å². The van der Waals surface area contributed by atoms with E-state index in [1.165, 1.54) is 11.8 Å². The van der Waals surface area contributed by atoms with Gasteiger partial charge in [0.05, 0.1) is 17.6 Å². The Morgan fingerprint density at radius 1 is 1.18 bits per heavy atom. The minimum atomic E-state index is -0.274. The van der Waals surface area contributed by atoms with E-state index < -0.39 is 0 Å². The summed E-state index contributed by atoms with van der Waals surface area (Å²) in [6, 6.07) is 13.7. The van der Waals surface area contributed by atoms with Crippen LogP contribution in [0.1, 0.15) is 24.0 Å². The van der Waals surface area contributed by atoms with Gasteiger partial charge in [-0.3, -0.25) is 14.5 Å². The van der Waals surface area contributed by atoms with Gasteiger partial charge in [-0.2, -0.15) is 0 Å². The molecule has 0 bridgehead atoms. The molecule has 140 valence electrons. The van der Waals surface area contributed by atoms with Crippen molar-refractivity contribution in [1.82, 2.24) is 9.47 Å². The van der Waals surface area contributed by atoms with E-state index in [1.807, 2.05) is 43.4 Å². The van der Waals surface area contributed by atoms with Gasteiger partial charge in [-0.05, 0) is 35.4 Å². The molecule has 0 saturated heterocycles. The smallest absolute Gasteiger partial charge is 0.259 e. The van der Waals surface area contributed by atoms with Gasteiger partial charge in [0.1, 0.15) is 0 Å². The normalized spacial score (nSPS) is 18.3. The highest BCUT2D eigenvalue weighted by Gasteiger charge is 2.41. The summed E-state index contributed by atoms with van der Waals surface area (Å²) < 4.78 is 2.08. The van der Waals surface area contributed by atoms with Crippen molar-refractivity contribution in [3.63, 3.8) is 0 Å². The molecule has 0 saturated carbocycles. The third kappa shape index (κ3) is 2.33. The first-order valence-electron chi connectivity index (χ1n) is 9.11. The van der Waals surface area contributed by atoms with E-state index in [2.05, 4.69) is 22.1 Å². The quantitative estimate of drug-likeness (QED) is 0.681. The van der Waals surface area contributed by atoms with Crippen LogP contribution in [-0.4, -0.2) is 27.8 Å². The van der Waals surface area contributed by atoms with Gasteiger partial charge in [-0.15, -0.1) is 0 Å². The molecule has 1 N–H and O–H groups in total. The van der Waals surface area contributed by atoms with Gasteiger partial charge in [0.15, 0.2) is 0 Å². The summed E-state index contributed by atoms with van der Waals surface area (Å²) in [7, 11) is 2.00. The van der Waals surface area contributed by atoms with Crippen LogP contribution in [0.25, 0.3) is 10.9 Å². The van der Waals surface area contributed by atoms with Gasteiger partial charge in [-0.25, -0.2) is 0 Å². The summed E-state index contributed by atoms with van der Waals surface area (Å²) in [5.74, 6) is -0.759. The Labute approximate surface area is 167 Å². The summed E-state index contributed by atoms with van der Waals surface area (Å²) in [6.07, 6.45) is 2.08. The summed E-state index contributed by atoms with van der Waals surface area (Å²) in [4.78, 5) is 26.6. The third-order valence-corrected chi connectivity index (χ3v) is 5.88. The molecule has 6 heteroatoms. The Morgan fingerprint density at radius 2 is 1.93 bits per heavy atom. The van der Waals surface area contributed by atoms with Crippen LogP contribution in [0.5, 0.6) is 0 Å². The Kier molecular flexibility index (Phi) is 3.64. The largest absolute Gasteiger partial charge is 0.356 e. The van der Waals surface area contributed by atoms with E-state index in [0.29, 0.717) is 10.6 Å². The molecule has 2 aliphatic rings.